The van der Waals surface area contributed by atoms with E-state index in [0.29, 0.717) is 12.6 Å². The van der Waals surface area contributed by atoms with Crippen molar-refractivity contribution in [2.24, 2.45) is 12.0 Å². The van der Waals surface area contributed by atoms with Crippen molar-refractivity contribution in [2.45, 2.75) is 32.4 Å². The van der Waals surface area contributed by atoms with Crippen LogP contribution in [0.2, 0.25) is 0 Å². The summed E-state index contributed by atoms with van der Waals surface area (Å²) < 4.78 is 2.09. The number of hydrogen-bond donors (Lipinski definition) is 2. The molecule has 1 saturated heterocycles. The van der Waals surface area contributed by atoms with E-state index in [1.54, 1.807) is 0 Å². The van der Waals surface area contributed by atoms with Crippen molar-refractivity contribution in [3.05, 3.63) is 35.8 Å². The number of anilines is 2. The third-order valence-corrected chi connectivity index (χ3v) is 5.15. The van der Waals surface area contributed by atoms with Gasteiger partial charge in [0.25, 0.3) is 0 Å². The Bertz CT molecular complexity index is 802. The number of hydrogen-bond acceptors (Lipinski definition) is 5. The molecular weight excluding hydrogens is 352 g/mol. The maximum absolute atomic E-state index is 4.64. The zero-order chi connectivity index (χ0) is 20.1. The molecular formula is C20H32N8. The molecule has 2 N–H and O–H groups in total. The molecule has 3 rings (SSSR count). The van der Waals surface area contributed by atoms with Gasteiger partial charge in [0.15, 0.2) is 5.96 Å². The van der Waals surface area contributed by atoms with Gasteiger partial charge in [0, 0.05) is 53.0 Å². The standard InChI is InChI=1S/C20H32N8/c1-15-7-6-8-18(24-15)28-11-9-16(10-12-28)25-19(21-2)22-13-17-14-23-20(26(3)4)27(17)5/h6-8,14,16H,9-13H2,1-5H3,(H2,21,22,25). The van der Waals surface area contributed by atoms with Gasteiger partial charge in [-0.1, -0.05) is 6.07 Å². The van der Waals surface area contributed by atoms with E-state index in [1.807, 2.05) is 52.3 Å². The molecule has 0 bridgehead atoms. The summed E-state index contributed by atoms with van der Waals surface area (Å²) in [6.07, 6.45) is 4.03. The van der Waals surface area contributed by atoms with E-state index in [9.17, 15) is 0 Å². The fourth-order valence-electron chi connectivity index (χ4n) is 3.53. The second-order valence-corrected chi connectivity index (χ2v) is 7.47. The normalized spacial score (nSPS) is 15.6. The molecule has 1 aliphatic heterocycles. The van der Waals surface area contributed by atoms with Crippen molar-refractivity contribution in [1.29, 1.82) is 0 Å². The number of pyridine rings is 1. The molecule has 0 unspecified atom stereocenters. The van der Waals surface area contributed by atoms with Crippen LogP contribution in [0.25, 0.3) is 0 Å². The molecule has 0 aliphatic carbocycles. The first kappa shape index (κ1) is 20.0. The van der Waals surface area contributed by atoms with E-state index >= 15 is 0 Å². The van der Waals surface area contributed by atoms with Crippen molar-refractivity contribution in [2.75, 3.05) is 44.0 Å². The van der Waals surface area contributed by atoms with Crippen LogP contribution in [-0.2, 0) is 13.6 Å². The highest BCUT2D eigenvalue weighted by Crippen LogP contribution is 2.18. The second kappa shape index (κ2) is 8.95. The highest BCUT2D eigenvalue weighted by molar-refractivity contribution is 5.80. The van der Waals surface area contributed by atoms with Crippen LogP contribution in [0, 0.1) is 6.92 Å². The summed E-state index contributed by atoms with van der Waals surface area (Å²) in [7, 11) is 7.84. The molecule has 28 heavy (non-hydrogen) atoms. The lowest BCUT2D eigenvalue weighted by atomic mass is 10.1. The van der Waals surface area contributed by atoms with E-state index < -0.39 is 0 Å². The van der Waals surface area contributed by atoms with Crippen molar-refractivity contribution in [1.82, 2.24) is 25.2 Å². The van der Waals surface area contributed by atoms with Gasteiger partial charge >= 0.3 is 0 Å². The third-order valence-electron chi connectivity index (χ3n) is 5.15. The van der Waals surface area contributed by atoms with Gasteiger partial charge in [0.2, 0.25) is 5.95 Å². The van der Waals surface area contributed by atoms with Crippen molar-refractivity contribution < 1.29 is 0 Å². The first-order valence-electron chi connectivity index (χ1n) is 9.81. The highest BCUT2D eigenvalue weighted by Gasteiger charge is 2.21. The number of piperidine rings is 1. The van der Waals surface area contributed by atoms with E-state index in [1.165, 1.54) is 0 Å². The van der Waals surface area contributed by atoms with Crippen LogP contribution in [0.5, 0.6) is 0 Å². The second-order valence-electron chi connectivity index (χ2n) is 7.47. The lowest BCUT2D eigenvalue weighted by molar-refractivity contribution is 0.459. The smallest absolute Gasteiger partial charge is 0.204 e. The van der Waals surface area contributed by atoms with Gasteiger partial charge in [-0.25, -0.2) is 9.97 Å². The van der Waals surface area contributed by atoms with Gasteiger partial charge in [-0.3, -0.25) is 4.99 Å². The molecule has 152 valence electrons. The summed E-state index contributed by atoms with van der Waals surface area (Å²) in [6.45, 7) is 4.72. The summed E-state index contributed by atoms with van der Waals surface area (Å²) in [4.78, 5) is 17.9. The minimum atomic E-state index is 0.413. The van der Waals surface area contributed by atoms with Crippen LogP contribution in [0.3, 0.4) is 0 Å². The molecule has 0 radical (unpaired) electrons. The fraction of sp³-hybridized carbons (Fsp3) is 0.550. The fourth-order valence-corrected chi connectivity index (χ4v) is 3.53. The summed E-state index contributed by atoms with van der Waals surface area (Å²) in [5.74, 6) is 2.85. The van der Waals surface area contributed by atoms with Crippen molar-refractivity contribution >= 4 is 17.7 Å². The third kappa shape index (κ3) is 4.74. The van der Waals surface area contributed by atoms with Gasteiger partial charge in [0.1, 0.15) is 5.82 Å². The average molecular weight is 385 g/mol. The van der Waals surface area contributed by atoms with Crippen molar-refractivity contribution in [3.63, 3.8) is 0 Å². The highest BCUT2D eigenvalue weighted by atomic mass is 15.3. The van der Waals surface area contributed by atoms with Crippen LogP contribution in [0.15, 0.2) is 29.4 Å². The molecule has 2 aromatic rings. The van der Waals surface area contributed by atoms with Gasteiger partial charge in [0.05, 0.1) is 18.4 Å². The molecule has 0 aromatic carbocycles. The Morgan fingerprint density at radius 1 is 1.29 bits per heavy atom. The number of nitrogens with zero attached hydrogens (tertiary/aromatic N) is 6. The minimum absolute atomic E-state index is 0.413. The Labute approximate surface area is 167 Å². The van der Waals surface area contributed by atoms with Crippen LogP contribution in [0.4, 0.5) is 11.8 Å². The molecule has 3 heterocycles. The summed E-state index contributed by atoms with van der Waals surface area (Å²) in [5, 5.41) is 6.97. The lowest BCUT2D eigenvalue weighted by Gasteiger charge is -2.34. The molecule has 1 fully saturated rings. The summed E-state index contributed by atoms with van der Waals surface area (Å²) in [5.41, 5.74) is 2.18. The largest absolute Gasteiger partial charge is 0.356 e. The molecule has 0 amide bonds. The summed E-state index contributed by atoms with van der Waals surface area (Å²) >= 11 is 0. The monoisotopic (exact) mass is 384 g/mol. The maximum Gasteiger partial charge on any atom is 0.204 e. The predicted octanol–water partition coefficient (Wildman–Crippen LogP) is 1.52. The Morgan fingerprint density at radius 3 is 2.64 bits per heavy atom. The number of rotatable bonds is 5. The number of imidazole rings is 1. The topological polar surface area (TPSA) is 73.6 Å². The van der Waals surface area contributed by atoms with E-state index in [-0.39, 0.29) is 0 Å². The number of aliphatic imine (C=N–C) groups is 1. The minimum Gasteiger partial charge on any atom is -0.356 e. The number of aryl methyl sites for hydroxylation is 1. The average Bonchev–Trinajstić information content (AvgIpc) is 3.06. The molecule has 8 heteroatoms. The van der Waals surface area contributed by atoms with Gasteiger partial charge in [-0.05, 0) is 31.9 Å². The van der Waals surface area contributed by atoms with Gasteiger partial charge < -0.3 is 25.0 Å². The lowest BCUT2D eigenvalue weighted by Crippen LogP contribution is -2.48. The Balaban J connectivity index is 1.49. The van der Waals surface area contributed by atoms with E-state index in [2.05, 4.69) is 47.2 Å². The van der Waals surface area contributed by atoms with Crippen molar-refractivity contribution in [3.8, 4) is 0 Å². The van der Waals surface area contributed by atoms with Gasteiger partial charge in [-0.2, -0.15) is 0 Å². The zero-order valence-corrected chi connectivity index (χ0v) is 17.6. The summed E-state index contributed by atoms with van der Waals surface area (Å²) in [6, 6.07) is 6.62. The van der Waals surface area contributed by atoms with E-state index in [4.69, 9.17) is 0 Å². The van der Waals surface area contributed by atoms with Crippen LogP contribution >= 0.6 is 0 Å². The molecule has 0 spiro atoms. The first-order valence-corrected chi connectivity index (χ1v) is 9.81. The number of aromatic nitrogens is 3. The molecule has 2 aromatic heterocycles. The maximum atomic E-state index is 4.64. The molecule has 0 atom stereocenters. The first-order chi connectivity index (χ1) is 13.5. The predicted molar refractivity (Wildman–Crippen MR) is 115 cm³/mol. The molecule has 8 nitrogen and oxygen atoms in total. The van der Waals surface area contributed by atoms with Crippen LogP contribution in [-0.4, -0.2) is 60.8 Å². The zero-order valence-electron chi connectivity index (χ0n) is 17.6. The quantitative estimate of drug-likeness (QED) is 0.602. The Kier molecular flexibility index (Phi) is 6.38. The SMILES string of the molecule is CN=C(NCc1cnc(N(C)C)n1C)NC1CCN(c2cccc(C)n2)CC1. The number of nitrogens with one attached hydrogen (secondary N) is 2. The van der Waals surface area contributed by atoms with Crippen LogP contribution in [0.1, 0.15) is 24.2 Å². The Hall–Kier alpha value is -2.77. The van der Waals surface area contributed by atoms with Gasteiger partial charge in [-0.15, -0.1) is 0 Å². The molecule has 0 saturated carbocycles. The van der Waals surface area contributed by atoms with Crippen LogP contribution < -0.4 is 20.4 Å². The Morgan fingerprint density at radius 2 is 2.04 bits per heavy atom. The van der Waals surface area contributed by atoms with E-state index in [0.717, 1.165) is 55.0 Å². The number of guanidine groups is 1. The molecule has 1 aliphatic rings.